The molecule has 2 N–H and O–H groups in total. The van der Waals surface area contributed by atoms with Crippen LogP contribution in [-0.2, 0) is 5.54 Å². The third kappa shape index (κ3) is 1.57. The zero-order valence-corrected chi connectivity index (χ0v) is 9.46. The second-order valence-electron chi connectivity index (χ2n) is 4.15. The van der Waals surface area contributed by atoms with Gasteiger partial charge >= 0.3 is 0 Å². The number of aryl methyl sites for hydroxylation is 1. The molecule has 15 heavy (non-hydrogen) atoms. The maximum atomic E-state index is 6.18. The number of benzene rings is 1. The first-order chi connectivity index (χ1) is 7.12. The highest BCUT2D eigenvalue weighted by atomic mass is 16.5. The van der Waals surface area contributed by atoms with Crippen LogP contribution in [0.5, 0.6) is 11.5 Å². The second-order valence-corrected chi connectivity index (χ2v) is 4.15. The summed E-state index contributed by atoms with van der Waals surface area (Å²) in [4.78, 5) is 0. The molecule has 0 bridgehead atoms. The lowest BCUT2D eigenvalue weighted by atomic mass is 10.0. The Morgan fingerprint density at radius 1 is 1.13 bits per heavy atom. The SMILES string of the molecule is COc1c(C)ccc(C2(N)CC2)c1OC. The van der Waals surface area contributed by atoms with E-state index in [4.69, 9.17) is 15.2 Å². The summed E-state index contributed by atoms with van der Waals surface area (Å²) in [5, 5.41) is 0. The molecule has 1 saturated carbocycles. The largest absolute Gasteiger partial charge is 0.493 e. The summed E-state index contributed by atoms with van der Waals surface area (Å²) in [5.74, 6) is 1.59. The Balaban J connectivity index is 2.55. The van der Waals surface area contributed by atoms with Crippen molar-refractivity contribution in [3.05, 3.63) is 23.3 Å². The monoisotopic (exact) mass is 207 g/mol. The van der Waals surface area contributed by atoms with Crippen LogP contribution < -0.4 is 15.2 Å². The van der Waals surface area contributed by atoms with E-state index in [1.54, 1.807) is 14.2 Å². The normalized spacial score (nSPS) is 17.3. The average molecular weight is 207 g/mol. The van der Waals surface area contributed by atoms with Crippen molar-refractivity contribution in [1.29, 1.82) is 0 Å². The van der Waals surface area contributed by atoms with Gasteiger partial charge in [-0.15, -0.1) is 0 Å². The molecule has 0 amide bonds. The molecule has 0 heterocycles. The highest BCUT2D eigenvalue weighted by Crippen LogP contribution is 2.49. The Bertz CT molecular complexity index is 383. The maximum Gasteiger partial charge on any atom is 0.166 e. The van der Waals surface area contributed by atoms with Gasteiger partial charge < -0.3 is 15.2 Å². The molecule has 0 atom stereocenters. The van der Waals surface area contributed by atoms with E-state index in [0.717, 1.165) is 35.5 Å². The summed E-state index contributed by atoms with van der Waals surface area (Å²) in [5.41, 5.74) is 8.13. The zero-order chi connectivity index (χ0) is 11.1. The van der Waals surface area contributed by atoms with Crippen LogP contribution in [0.15, 0.2) is 12.1 Å². The van der Waals surface area contributed by atoms with Gasteiger partial charge in [-0.2, -0.15) is 0 Å². The van der Waals surface area contributed by atoms with Crippen LogP contribution >= 0.6 is 0 Å². The Morgan fingerprint density at radius 3 is 2.20 bits per heavy atom. The molecule has 0 unspecified atom stereocenters. The van der Waals surface area contributed by atoms with Crippen LogP contribution in [0.2, 0.25) is 0 Å². The summed E-state index contributed by atoms with van der Waals surface area (Å²) in [7, 11) is 3.32. The first-order valence-electron chi connectivity index (χ1n) is 5.13. The van der Waals surface area contributed by atoms with Crippen LogP contribution in [0.25, 0.3) is 0 Å². The highest BCUT2D eigenvalue weighted by molar-refractivity contribution is 5.55. The van der Waals surface area contributed by atoms with E-state index in [2.05, 4.69) is 0 Å². The fraction of sp³-hybridized carbons (Fsp3) is 0.500. The van der Waals surface area contributed by atoms with Crippen molar-refractivity contribution in [3.8, 4) is 11.5 Å². The smallest absolute Gasteiger partial charge is 0.166 e. The molecule has 1 aromatic rings. The van der Waals surface area contributed by atoms with Gasteiger partial charge in [0.05, 0.1) is 14.2 Å². The number of rotatable bonds is 3. The van der Waals surface area contributed by atoms with Gasteiger partial charge in [0.15, 0.2) is 11.5 Å². The van der Waals surface area contributed by atoms with Gasteiger partial charge in [-0.25, -0.2) is 0 Å². The zero-order valence-electron chi connectivity index (χ0n) is 9.46. The topological polar surface area (TPSA) is 44.5 Å². The first kappa shape index (κ1) is 10.3. The van der Waals surface area contributed by atoms with Crippen LogP contribution in [0.4, 0.5) is 0 Å². The highest BCUT2D eigenvalue weighted by Gasteiger charge is 2.43. The van der Waals surface area contributed by atoms with E-state index in [1.165, 1.54) is 0 Å². The van der Waals surface area contributed by atoms with Crippen LogP contribution in [0.3, 0.4) is 0 Å². The van der Waals surface area contributed by atoms with Gasteiger partial charge in [0, 0.05) is 11.1 Å². The van der Waals surface area contributed by atoms with Gasteiger partial charge in [0.25, 0.3) is 0 Å². The first-order valence-corrected chi connectivity index (χ1v) is 5.13. The standard InChI is InChI=1S/C12H17NO2/c1-8-4-5-9(12(13)6-7-12)11(15-3)10(8)14-2/h4-5H,6-7,13H2,1-3H3. The molecule has 0 saturated heterocycles. The molecule has 0 radical (unpaired) electrons. The molecule has 0 spiro atoms. The maximum absolute atomic E-state index is 6.18. The minimum atomic E-state index is -0.188. The van der Waals surface area contributed by atoms with Crippen molar-refractivity contribution < 1.29 is 9.47 Å². The van der Waals surface area contributed by atoms with Gasteiger partial charge in [-0.1, -0.05) is 12.1 Å². The van der Waals surface area contributed by atoms with Gasteiger partial charge in [0.2, 0.25) is 0 Å². The lowest BCUT2D eigenvalue weighted by Crippen LogP contribution is -2.20. The molecule has 3 nitrogen and oxygen atoms in total. The quantitative estimate of drug-likeness (QED) is 0.824. The van der Waals surface area contributed by atoms with E-state index in [1.807, 2.05) is 19.1 Å². The van der Waals surface area contributed by atoms with E-state index in [0.29, 0.717) is 0 Å². The fourth-order valence-electron chi connectivity index (χ4n) is 1.91. The van der Waals surface area contributed by atoms with Gasteiger partial charge in [0.1, 0.15) is 0 Å². The second kappa shape index (κ2) is 3.42. The minimum absolute atomic E-state index is 0.188. The molecular formula is C12H17NO2. The van der Waals surface area contributed by atoms with E-state index in [-0.39, 0.29) is 5.54 Å². The fourth-order valence-corrected chi connectivity index (χ4v) is 1.91. The molecule has 1 aliphatic rings. The van der Waals surface area contributed by atoms with Crippen LogP contribution in [0.1, 0.15) is 24.0 Å². The Kier molecular flexibility index (Phi) is 2.35. The summed E-state index contributed by atoms with van der Waals surface area (Å²) in [6.07, 6.45) is 2.05. The van der Waals surface area contributed by atoms with Crippen molar-refractivity contribution in [1.82, 2.24) is 0 Å². The van der Waals surface area contributed by atoms with Gasteiger partial charge in [-0.05, 0) is 25.3 Å². The Labute approximate surface area is 90.2 Å². The molecule has 2 rings (SSSR count). The lowest BCUT2D eigenvalue weighted by molar-refractivity contribution is 0.346. The number of methoxy groups -OCH3 is 2. The van der Waals surface area contributed by atoms with Crippen molar-refractivity contribution in [2.45, 2.75) is 25.3 Å². The summed E-state index contributed by atoms with van der Waals surface area (Å²) >= 11 is 0. The van der Waals surface area contributed by atoms with E-state index < -0.39 is 0 Å². The molecule has 82 valence electrons. The van der Waals surface area contributed by atoms with Crippen molar-refractivity contribution in [2.24, 2.45) is 5.73 Å². The molecule has 1 fully saturated rings. The third-order valence-corrected chi connectivity index (χ3v) is 3.04. The van der Waals surface area contributed by atoms with Crippen molar-refractivity contribution >= 4 is 0 Å². The van der Waals surface area contributed by atoms with Crippen molar-refractivity contribution in [2.75, 3.05) is 14.2 Å². The van der Waals surface area contributed by atoms with Crippen LogP contribution in [-0.4, -0.2) is 14.2 Å². The molecule has 0 aromatic heterocycles. The van der Waals surface area contributed by atoms with Gasteiger partial charge in [-0.3, -0.25) is 0 Å². The predicted octanol–water partition coefficient (Wildman–Crippen LogP) is 1.96. The number of ether oxygens (including phenoxy) is 2. The van der Waals surface area contributed by atoms with Crippen LogP contribution in [0, 0.1) is 6.92 Å². The van der Waals surface area contributed by atoms with Crippen molar-refractivity contribution in [3.63, 3.8) is 0 Å². The summed E-state index contributed by atoms with van der Waals surface area (Å²) in [6, 6.07) is 4.08. The summed E-state index contributed by atoms with van der Waals surface area (Å²) < 4.78 is 10.8. The minimum Gasteiger partial charge on any atom is -0.493 e. The molecule has 0 aliphatic heterocycles. The Hall–Kier alpha value is -1.22. The molecule has 1 aromatic carbocycles. The molecule has 3 heteroatoms. The lowest BCUT2D eigenvalue weighted by Gasteiger charge is -2.18. The number of hydrogen-bond donors (Lipinski definition) is 1. The Morgan fingerprint density at radius 2 is 1.73 bits per heavy atom. The third-order valence-electron chi connectivity index (χ3n) is 3.04. The number of hydrogen-bond acceptors (Lipinski definition) is 3. The molecule has 1 aliphatic carbocycles. The van der Waals surface area contributed by atoms with E-state index in [9.17, 15) is 0 Å². The van der Waals surface area contributed by atoms with E-state index >= 15 is 0 Å². The summed E-state index contributed by atoms with van der Waals surface area (Å²) in [6.45, 7) is 2.00. The number of nitrogens with two attached hydrogens (primary N) is 1. The molecular weight excluding hydrogens is 190 g/mol. The average Bonchev–Trinajstić information content (AvgIpc) is 2.96. The predicted molar refractivity (Wildman–Crippen MR) is 59.4 cm³/mol.